The van der Waals surface area contributed by atoms with Gasteiger partial charge in [0.1, 0.15) is 0 Å². The third-order valence-electron chi connectivity index (χ3n) is 3.71. The van der Waals surface area contributed by atoms with Crippen molar-refractivity contribution in [3.63, 3.8) is 0 Å². The Morgan fingerprint density at radius 3 is 2.30 bits per heavy atom. The van der Waals surface area contributed by atoms with Crippen molar-refractivity contribution in [2.24, 2.45) is 5.92 Å². The van der Waals surface area contributed by atoms with Crippen LogP contribution >= 0.6 is 0 Å². The van der Waals surface area contributed by atoms with E-state index in [2.05, 4.69) is 59.4 Å². The van der Waals surface area contributed by atoms with Crippen molar-refractivity contribution in [2.45, 2.75) is 73.1 Å². The van der Waals surface area contributed by atoms with Crippen LogP contribution in [0.1, 0.15) is 73.1 Å². The summed E-state index contributed by atoms with van der Waals surface area (Å²) >= 11 is 0. The van der Waals surface area contributed by atoms with Crippen LogP contribution in [-0.2, 0) is 0 Å². The highest BCUT2D eigenvalue weighted by atomic mass is 14.1. The lowest BCUT2D eigenvalue weighted by atomic mass is 9.96. The average molecular weight is 274 g/mol. The van der Waals surface area contributed by atoms with Crippen LogP contribution in [-0.4, -0.2) is 0 Å². The van der Waals surface area contributed by atoms with E-state index >= 15 is 0 Å². The molecule has 0 N–H and O–H groups in total. The molecule has 0 aromatic carbocycles. The quantitative estimate of drug-likeness (QED) is 0.297. The van der Waals surface area contributed by atoms with Crippen molar-refractivity contribution in [3.05, 3.63) is 47.6 Å². The van der Waals surface area contributed by atoms with Crippen molar-refractivity contribution in [2.75, 3.05) is 0 Å². The minimum Gasteiger partial charge on any atom is -0.0988 e. The van der Waals surface area contributed by atoms with Crippen LogP contribution in [0.15, 0.2) is 47.6 Å². The van der Waals surface area contributed by atoms with Crippen LogP contribution < -0.4 is 0 Å². The van der Waals surface area contributed by atoms with E-state index in [1.54, 1.807) is 0 Å². The van der Waals surface area contributed by atoms with Crippen LogP contribution in [0.3, 0.4) is 0 Å². The van der Waals surface area contributed by atoms with Gasteiger partial charge in [-0.1, -0.05) is 60.9 Å². The molecule has 0 aliphatic heterocycles. The molecular formula is C20H34. The Kier molecular flexibility index (Phi) is 11.1. The van der Waals surface area contributed by atoms with Gasteiger partial charge >= 0.3 is 0 Å². The van der Waals surface area contributed by atoms with E-state index in [9.17, 15) is 0 Å². The first-order valence-electron chi connectivity index (χ1n) is 8.04. The molecule has 0 saturated heterocycles. The van der Waals surface area contributed by atoms with Gasteiger partial charge in [0.2, 0.25) is 0 Å². The van der Waals surface area contributed by atoms with Crippen LogP contribution in [0.5, 0.6) is 0 Å². The second-order valence-corrected chi connectivity index (χ2v) is 6.29. The number of rotatable bonds is 10. The van der Waals surface area contributed by atoms with E-state index in [4.69, 9.17) is 0 Å². The summed E-state index contributed by atoms with van der Waals surface area (Å²) in [7, 11) is 0. The minimum atomic E-state index is 0.848. The lowest BCUT2D eigenvalue weighted by molar-refractivity contribution is 0.478. The van der Waals surface area contributed by atoms with Crippen LogP contribution in [0, 0.1) is 5.92 Å². The van der Waals surface area contributed by atoms with Gasteiger partial charge in [-0.2, -0.15) is 0 Å². The third-order valence-corrected chi connectivity index (χ3v) is 3.71. The zero-order valence-corrected chi connectivity index (χ0v) is 14.3. The molecule has 1 atom stereocenters. The first-order valence-corrected chi connectivity index (χ1v) is 8.04. The molecule has 0 amide bonds. The fourth-order valence-corrected chi connectivity index (χ4v) is 2.16. The zero-order valence-electron chi connectivity index (χ0n) is 14.3. The highest BCUT2D eigenvalue weighted by molar-refractivity contribution is 5.15. The fraction of sp³-hybridized carbons (Fsp3) is 0.600. The molecule has 0 fully saturated rings. The molecule has 114 valence electrons. The molecule has 0 heterocycles. The molecule has 1 unspecified atom stereocenters. The van der Waals surface area contributed by atoms with Crippen molar-refractivity contribution in [1.29, 1.82) is 0 Å². The van der Waals surface area contributed by atoms with Crippen molar-refractivity contribution in [1.82, 2.24) is 0 Å². The summed E-state index contributed by atoms with van der Waals surface area (Å²) in [6.45, 7) is 14.9. The van der Waals surface area contributed by atoms with Gasteiger partial charge in [-0.3, -0.25) is 0 Å². The Labute approximate surface area is 127 Å². The molecular weight excluding hydrogens is 240 g/mol. The van der Waals surface area contributed by atoms with E-state index in [0.717, 1.165) is 12.3 Å². The normalized spacial score (nSPS) is 14.1. The standard InChI is InChI=1S/C20H34/c1-7-18(4)12-9-14-20(6)16-10-15-19(5)13-8-11-17(2)3/h7,11-12,14,19H,1,8-10,13,15-16H2,2-6H3. The van der Waals surface area contributed by atoms with Gasteiger partial charge in [0.15, 0.2) is 0 Å². The maximum atomic E-state index is 3.77. The molecule has 0 nitrogen and oxygen atoms in total. The van der Waals surface area contributed by atoms with Gasteiger partial charge in [-0.05, 0) is 65.7 Å². The predicted molar refractivity (Wildman–Crippen MR) is 94.0 cm³/mol. The molecule has 0 aromatic rings. The minimum absolute atomic E-state index is 0.848. The topological polar surface area (TPSA) is 0 Å². The van der Waals surface area contributed by atoms with E-state index < -0.39 is 0 Å². The average Bonchev–Trinajstić information content (AvgIpc) is 2.38. The molecule has 0 rings (SSSR count). The molecule has 0 heteroatoms. The van der Waals surface area contributed by atoms with Gasteiger partial charge in [-0.15, -0.1) is 0 Å². The summed E-state index contributed by atoms with van der Waals surface area (Å²) in [6, 6.07) is 0. The molecule has 0 aromatic heterocycles. The molecule has 0 radical (unpaired) electrons. The first kappa shape index (κ1) is 19.0. The number of hydrogen-bond acceptors (Lipinski definition) is 0. The first-order chi connectivity index (χ1) is 9.45. The van der Waals surface area contributed by atoms with Gasteiger partial charge in [-0.25, -0.2) is 0 Å². The Hall–Kier alpha value is -1.04. The summed E-state index contributed by atoms with van der Waals surface area (Å²) < 4.78 is 0. The predicted octanol–water partition coefficient (Wildman–Crippen LogP) is 7.01. The number of hydrogen-bond donors (Lipinski definition) is 0. The molecule has 0 aliphatic carbocycles. The molecule has 0 bridgehead atoms. The molecule has 0 spiro atoms. The van der Waals surface area contributed by atoms with Gasteiger partial charge in [0.05, 0.1) is 0 Å². The van der Waals surface area contributed by atoms with E-state index in [0.29, 0.717) is 0 Å². The zero-order chi connectivity index (χ0) is 15.4. The highest BCUT2D eigenvalue weighted by Gasteiger charge is 2.01. The molecule has 0 saturated carbocycles. The smallest absolute Gasteiger partial charge is 0.0161 e. The van der Waals surface area contributed by atoms with Crippen molar-refractivity contribution in [3.8, 4) is 0 Å². The summed E-state index contributed by atoms with van der Waals surface area (Å²) in [5.41, 5.74) is 4.23. The van der Waals surface area contributed by atoms with Gasteiger partial charge in [0, 0.05) is 0 Å². The third kappa shape index (κ3) is 12.0. The van der Waals surface area contributed by atoms with Gasteiger partial charge < -0.3 is 0 Å². The highest BCUT2D eigenvalue weighted by Crippen LogP contribution is 2.17. The Morgan fingerprint density at radius 2 is 1.70 bits per heavy atom. The van der Waals surface area contributed by atoms with E-state index in [1.807, 2.05) is 6.08 Å². The maximum absolute atomic E-state index is 3.77. The SMILES string of the molecule is C=CC(C)=CCC=C(C)CCCC(C)CCC=C(C)C. The summed E-state index contributed by atoms with van der Waals surface area (Å²) in [5.74, 6) is 0.848. The maximum Gasteiger partial charge on any atom is -0.0161 e. The summed E-state index contributed by atoms with van der Waals surface area (Å²) in [5, 5.41) is 0. The molecule has 0 aliphatic rings. The van der Waals surface area contributed by atoms with Crippen molar-refractivity contribution >= 4 is 0 Å². The monoisotopic (exact) mass is 274 g/mol. The number of allylic oxidation sites excluding steroid dienone is 7. The second-order valence-electron chi connectivity index (χ2n) is 6.29. The lowest BCUT2D eigenvalue weighted by Crippen LogP contribution is -1.94. The van der Waals surface area contributed by atoms with E-state index in [-0.39, 0.29) is 0 Å². The Bertz CT molecular complexity index is 348. The summed E-state index contributed by atoms with van der Waals surface area (Å²) in [6.07, 6.45) is 16.4. The van der Waals surface area contributed by atoms with Crippen LogP contribution in [0.25, 0.3) is 0 Å². The Morgan fingerprint density at radius 1 is 1.00 bits per heavy atom. The summed E-state index contributed by atoms with van der Waals surface area (Å²) in [4.78, 5) is 0. The largest absolute Gasteiger partial charge is 0.0988 e. The Balaban J connectivity index is 3.79. The fourth-order valence-electron chi connectivity index (χ4n) is 2.16. The van der Waals surface area contributed by atoms with Crippen molar-refractivity contribution < 1.29 is 0 Å². The lowest BCUT2D eigenvalue weighted by Gasteiger charge is -2.10. The van der Waals surface area contributed by atoms with Crippen LogP contribution in [0.4, 0.5) is 0 Å². The molecule has 20 heavy (non-hydrogen) atoms. The second kappa shape index (κ2) is 11.8. The van der Waals surface area contributed by atoms with Crippen LogP contribution in [0.2, 0.25) is 0 Å². The van der Waals surface area contributed by atoms with Gasteiger partial charge in [0.25, 0.3) is 0 Å². The van der Waals surface area contributed by atoms with E-state index in [1.165, 1.54) is 48.8 Å².